The van der Waals surface area contributed by atoms with Crippen LogP contribution in [0.25, 0.3) is 28.1 Å². The van der Waals surface area contributed by atoms with Crippen LogP contribution in [0.2, 0.25) is 5.02 Å². The summed E-state index contributed by atoms with van der Waals surface area (Å²) < 4.78 is 8.57. The Morgan fingerprint density at radius 1 is 1.27 bits per heavy atom. The van der Waals surface area contributed by atoms with Crippen LogP contribution in [-0.4, -0.2) is 64.9 Å². The summed E-state index contributed by atoms with van der Waals surface area (Å²) >= 11 is 6.27. The molecule has 4 heterocycles. The first-order valence-corrected chi connectivity index (χ1v) is 11.3. The smallest absolute Gasteiger partial charge is 0.277 e. The number of imidazole rings is 1. The first-order valence-electron chi connectivity index (χ1n) is 10.9. The van der Waals surface area contributed by atoms with Crippen molar-refractivity contribution in [2.75, 3.05) is 19.6 Å². The average Bonchev–Trinajstić information content (AvgIpc) is 3.41. The van der Waals surface area contributed by atoms with E-state index >= 15 is 0 Å². The monoisotopic (exact) mass is 472 g/mol. The lowest BCUT2D eigenvalue weighted by atomic mass is 10.1. The summed E-state index contributed by atoms with van der Waals surface area (Å²) in [5, 5.41) is 24.6. The van der Waals surface area contributed by atoms with Gasteiger partial charge in [0.15, 0.2) is 0 Å². The molecule has 174 valence electrons. The van der Waals surface area contributed by atoms with Crippen molar-refractivity contribution in [3.63, 3.8) is 0 Å². The molecule has 0 bridgehead atoms. The van der Waals surface area contributed by atoms with Gasteiger partial charge in [0.1, 0.15) is 23.1 Å². The molecule has 1 fully saturated rings. The molecule has 2 N–H and O–H groups in total. The number of aliphatic hydroxyl groups is 2. The number of hydrogen-bond acceptors (Lipinski definition) is 8. The number of rotatable bonds is 5. The van der Waals surface area contributed by atoms with Crippen molar-refractivity contribution in [1.82, 2.24) is 29.0 Å². The maximum Gasteiger partial charge on any atom is 0.277 e. The van der Waals surface area contributed by atoms with Crippen LogP contribution < -0.4 is 5.56 Å². The number of nitrogens with zero attached hydrogens (tertiary/aromatic N) is 6. The molecule has 0 saturated carbocycles. The van der Waals surface area contributed by atoms with Gasteiger partial charge in [0, 0.05) is 24.7 Å². The van der Waals surface area contributed by atoms with Crippen LogP contribution in [0.15, 0.2) is 33.8 Å². The normalized spacial score (nSPS) is 17.9. The van der Waals surface area contributed by atoms with Crippen molar-refractivity contribution >= 4 is 28.2 Å². The molecule has 1 saturated heterocycles. The average molecular weight is 473 g/mol. The lowest BCUT2D eigenvalue weighted by Crippen LogP contribution is -2.40. The van der Waals surface area contributed by atoms with Crippen LogP contribution in [-0.2, 0) is 12.1 Å². The molecule has 1 unspecified atom stereocenters. The number of fused-ring (bicyclic) bond motifs is 3. The minimum atomic E-state index is -1.32. The van der Waals surface area contributed by atoms with E-state index in [9.17, 15) is 15.0 Å². The lowest BCUT2D eigenvalue weighted by Gasteiger charge is -2.30. The van der Waals surface area contributed by atoms with Gasteiger partial charge >= 0.3 is 0 Å². The Labute approximate surface area is 194 Å². The summed E-state index contributed by atoms with van der Waals surface area (Å²) in [5.74, 6) is 0.168. The molecule has 0 spiro atoms. The molecule has 0 radical (unpaired) electrons. The summed E-state index contributed by atoms with van der Waals surface area (Å²) in [6, 6.07) is 5.37. The summed E-state index contributed by atoms with van der Waals surface area (Å²) in [5.41, 5.74) is 0.461. The predicted molar refractivity (Wildman–Crippen MR) is 122 cm³/mol. The molecule has 33 heavy (non-hydrogen) atoms. The molecule has 1 aliphatic rings. The predicted octanol–water partition coefficient (Wildman–Crippen LogP) is 2.04. The fourth-order valence-electron chi connectivity index (χ4n) is 4.32. The largest absolute Gasteiger partial charge is 0.392 e. The van der Waals surface area contributed by atoms with Gasteiger partial charge < -0.3 is 19.3 Å². The number of aliphatic hydroxyl groups excluding tert-OH is 1. The fourth-order valence-corrected chi connectivity index (χ4v) is 4.48. The summed E-state index contributed by atoms with van der Waals surface area (Å²) in [6.07, 6.45) is 2.94. The maximum absolute atomic E-state index is 13.7. The van der Waals surface area contributed by atoms with E-state index in [4.69, 9.17) is 16.1 Å². The van der Waals surface area contributed by atoms with Gasteiger partial charge in [-0.05, 0) is 51.4 Å². The second kappa shape index (κ2) is 8.21. The first kappa shape index (κ1) is 22.0. The highest BCUT2D eigenvalue weighted by Crippen LogP contribution is 2.26. The summed E-state index contributed by atoms with van der Waals surface area (Å²) in [6.45, 7) is 5.59. The van der Waals surface area contributed by atoms with Crippen LogP contribution in [0, 0.1) is 0 Å². The van der Waals surface area contributed by atoms with Crippen molar-refractivity contribution in [2.45, 2.75) is 44.9 Å². The highest BCUT2D eigenvalue weighted by Gasteiger charge is 2.27. The molecular weight excluding hydrogens is 448 g/mol. The third-order valence-corrected chi connectivity index (χ3v) is 6.22. The van der Waals surface area contributed by atoms with Crippen molar-refractivity contribution in [3.05, 3.63) is 45.8 Å². The molecule has 5 rings (SSSR count). The number of halogens is 1. The maximum atomic E-state index is 13.7. The molecule has 11 heteroatoms. The van der Waals surface area contributed by atoms with E-state index in [2.05, 4.69) is 20.0 Å². The Morgan fingerprint density at radius 2 is 2.09 bits per heavy atom. The zero-order valence-electron chi connectivity index (χ0n) is 18.4. The van der Waals surface area contributed by atoms with E-state index < -0.39 is 5.60 Å². The summed E-state index contributed by atoms with van der Waals surface area (Å²) in [7, 11) is 0. The van der Waals surface area contributed by atoms with Gasteiger partial charge in [-0.15, -0.1) is 0 Å². The molecule has 10 nitrogen and oxygen atoms in total. The minimum Gasteiger partial charge on any atom is -0.392 e. The Morgan fingerprint density at radius 3 is 2.82 bits per heavy atom. The van der Waals surface area contributed by atoms with Gasteiger partial charge in [0.05, 0.1) is 17.1 Å². The van der Waals surface area contributed by atoms with E-state index in [0.29, 0.717) is 35.7 Å². The van der Waals surface area contributed by atoms with Crippen LogP contribution in [0.5, 0.6) is 0 Å². The van der Waals surface area contributed by atoms with Gasteiger partial charge in [-0.2, -0.15) is 4.98 Å². The molecule has 1 aliphatic heterocycles. The van der Waals surface area contributed by atoms with Gasteiger partial charge in [0.2, 0.25) is 5.82 Å². The number of β-amino-alcohol motifs (C(OH)–C–C–N with tert-alkyl or cyclic N) is 1. The van der Waals surface area contributed by atoms with Crippen molar-refractivity contribution in [2.24, 2.45) is 0 Å². The molecule has 1 aromatic carbocycles. The van der Waals surface area contributed by atoms with E-state index in [1.54, 1.807) is 27.4 Å². The van der Waals surface area contributed by atoms with Gasteiger partial charge in [-0.25, -0.2) is 4.98 Å². The number of likely N-dealkylation sites (tertiary alicyclic amines) is 1. The Hall–Kier alpha value is -2.79. The quantitative estimate of drug-likeness (QED) is 0.452. The number of aromatic nitrogens is 5. The number of hydrogen-bond donors (Lipinski definition) is 2. The van der Waals surface area contributed by atoms with Crippen molar-refractivity contribution in [1.29, 1.82) is 0 Å². The Bertz CT molecular complexity index is 1390. The zero-order valence-corrected chi connectivity index (χ0v) is 19.2. The van der Waals surface area contributed by atoms with Gasteiger partial charge in [0.25, 0.3) is 11.4 Å². The standard InChI is InChI=1S/C22H25ClN6O4/c1-22(2,32)21-25-19(26-33-21)17-18-20(31)28(9-8-27-7-3-4-14(30)11-27)16-10-13(23)5-6-15(16)29(18)12-24-17/h5-6,10,12,14,30,32H,3-4,7-9,11H2,1-2H3. The van der Waals surface area contributed by atoms with E-state index in [1.165, 1.54) is 13.8 Å². The third-order valence-electron chi connectivity index (χ3n) is 5.98. The summed E-state index contributed by atoms with van der Waals surface area (Å²) in [4.78, 5) is 24.5. The Kier molecular flexibility index (Phi) is 5.48. The van der Waals surface area contributed by atoms with Crippen molar-refractivity contribution < 1.29 is 14.7 Å². The fraction of sp³-hybridized carbons (Fsp3) is 0.455. The minimum absolute atomic E-state index is 0.0372. The van der Waals surface area contributed by atoms with E-state index in [-0.39, 0.29) is 29.1 Å². The van der Waals surface area contributed by atoms with Crippen molar-refractivity contribution in [3.8, 4) is 11.5 Å². The van der Waals surface area contributed by atoms with Crippen LogP contribution in [0.1, 0.15) is 32.6 Å². The van der Waals surface area contributed by atoms with Crippen LogP contribution in [0.3, 0.4) is 0 Å². The van der Waals surface area contributed by atoms with E-state index in [1.807, 2.05) is 6.07 Å². The second-order valence-electron chi connectivity index (χ2n) is 8.98. The van der Waals surface area contributed by atoms with E-state index in [0.717, 1.165) is 24.9 Å². The molecule has 3 aromatic heterocycles. The number of piperidine rings is 1. The zero-order chi connectivity index (χ0) is 23.3. The highest BCUT2D eigenvalue weighted by atomic mass is 35.5. The van der Waals surface area contributed by atoms with Crippen LogP contribution in [0.4, 0.5) is 0 Å². The Balaban J connectivity index is 1.64. The molecule has 4 aromatic rings. The molecule has 0 amide bonds. The SMILES string of the molecule is CC(C)(O)c1nc(-c2ncn3c2c(=O)n(CCN2CCCC(O)C2)c2cc(Cl)ccc23)no1. The topological polar surface area (TPSA) is 122 Å². The first-order chi connectivity index (χ1) is 15.7. The molecular formula is C22H25ClN6O4. The molecule has 1 atom stereocenters. The third kappa shape index (κ3) is 4.04. The second-order valence-corrected chi connectivity index (χ2v) is 9.42. The highest BCUT2D eigenvalue weighted by molar-refractivity contribution is 6.31. The van der Waals surface area contributed by atoms with Gasteiger partial charge in [-0.3, -0.25) is 14.1 Å². The number of benzene rings is 1. The van der Waals surface area contributed by atoms with Gasteiger partial charge in [-0.1, -0.05) is 16.8 Å². The van der Waals surface area contributed by atoms with Crippen LogP contribution >= 0.6 is 11.6 Å². The lowest BCUT2D eigenvalue weighted by molar-refractivity contribution is 0.0420. The molecule has 0 aliphatic carbocycles.